The molecule has 0 bridgehead atoms. The molecule has 2 N–H and O–H groups in total. The molecule has 0 aromatic heterocycles. The van der Waals surface area contributed by atoms with Gasteiger partial charge >= 0.3 is 0 Å². The number of piperidine rings is 1. The summed E-state index contributed by atoms with van der Waals surface area (Å²) in [6.45, 7) is 1.94. The van der Waals surface area contributed by atoms with Gasteiger partial charge in [-0.05, 0) is 49.4 Å². The molecule has 1 aliphatic heterocycles. The van der Waals surface area contributed by atoms with Gasteiger partial charge in [-0.15, -0.1) is 0 Å². The van der Waals surface area contributed by atoms with Gasteiger partial charge in [0, 0.05) is 18.5 Å². The Bertz CT molecular complexity index is 515. The van der Waals surface area contributed by atoms with E-state index in [9.17, 15) is 4.79 Å². The summed E-state index contributed by atoms with van der Waals surface area (Å²) in [5.74, 6) is 0.560. The summed E-state index contributed by atoms with van der Waals surface area (Å²) in [6, 6.07) is 5.93. The molecule has 5 heteroatoms. The maximum Gasteiger partial charge on any atom is 0.224 e. The summed E-state index contributed by atoms with van der Waals surface area (Å²) in [7, 11) is 0. The highest BCUT2D eigenvalue weighted by Gasteiger charge is 2.44. The zero-order chi connectivity index (χ0) is 14.1. The Morgan fingerprint density at radius 3 is 2.85 bits per heavy atom. The second kappa shape index (κ2) is 5.92. The molecular weight excluding hydrogens is 295 g/mol. The van der Waals surface area contributed by atoms with Crippen molar-refractivity contribution in [3.05, 3.63) is 33.8 Å². The van der Waals surface area contributed by atoms with Gasteiger partial charge in [0.15, 0.2) is 0 Å². The normalized spacial score (nSPS) is 29.0. The average Bonchev–Trinajstić information content (AvgIpc) is 3.23. The minimum atomic E-state index is 0.0918. The lowest BCUT2D eigenvalue weighted by atomic mass is 10.1. The van der Waals surface area contributed by atoms with Crippen LogP contribution in [0, 0.1) is 5.92 Å². The highest BCUT2D eigenvalue weighted by molar-refractivity contribution is 6.42. The molecule has 1 aromatic carbocycles. The number of halogens is 2. The van der Waals surface area contributed by atoms with Gasteiger partial charge in [0.1, 0.15) is 0 Å². The first kappa shape index (κ1) is 14.2. The number of amides is 1. The van der Waals surface area contributed by atoms with Gasteiger partial charge in [0.2, 0.25) is 5.91 Å². The van der Waals surface area contributed by atoms with Crippen molar-refractivity contribution >= 4 is 29.1 Å². The van der Waals surface area contributed by atoms with Crippen molar-refractivity contribution in [3.8, 4) is 0 Å². The molecule has 20 heavy (non-hydrogen) atoms. The van der Waals surface area contributed by atoms with Crippen molar-refractivity contribution in [1.29, 1.82) is 0 Å². The van der Waals surface area contributed by atoms with Crippen molar-refractivity contribution in [3.63, 3.8) is 0 Å². The first-order valence-corrected chi connectivity index (χ1v) is 7.87. The molecule has 3 atom stereocenters. The summed E-state index contributed by atoms with van der Waals surface area (Å²) >= 11 is 11.9. The molecule has 1 heterocycles. The molecule has 3 nitrogen and oxygen atoms in total. The lowest BCUT2D eigenvalue weighted by Crippen LogP contribution is -2.46. The Kier molecular flexibility index (Phi) is 4.20. The summed E-state index contributed by atoms with van der Waals surface area (Å²) in [5, 5.41) is 7.58. The third kappa shape index (κ3) is 3.11. The van der Waals surface area contributed by atoms with Crippen LogP contribution >= 0.6 is 23.2 Å². The predicted octanol–water partition coefficient (Wildman–Crippen LogP) is 2.97. The summed E-state index contributed by atoms with van der Waals surface area (Å²) in [5.41, 5.74) is 1.11. The smallest absolute Gasteiger partial charge is 0.224 e. The van der Waals surface area contributed by atoms with Gasteiger partial charge in [0.25, 0.3) is 0 Å². The van der Waals surface area contributed by atoms with Gasteiger partial charge in [-0.1, -0.05) is 29.3 Å². The molecular formula is C15H18Cl2N2O. The molecule has 1 saturated carbocycles. The predicted molar refractivity (Wildman–Crippen MR) is 81.3 cm³/mol. The van der Waals surface area contributed by atoms with Crippen LogP contribution in [0.2, 0.25) is 10.0 Å². The van der Waals surface area contributed by atoms with E-state index < -0.39 is 0 Å². The van der Waals surface area contributed by atoms with Crippen molar-refractivity contribution in [1.82, 2.24) is 10.6 Å². The van der Waals surface area contributed by atoms with Gasteiger partial charge in [0.05, 0.1) is 10.0 Å². The third-order valence-electron chi connectivity index (χ3n) is 4.14. The standard InChI is InChI=1S/C15H18Cl2N2O/c16-13-4-3-9(6-14(13)17)11-7-12(11)15(20)19-10-2-1-5-18-8-10/h3-4,6,10-12,18H,1-2,5,7-8H2,(H,19,20)/t10-,11?,12?/m0/s1. The molecule has 2 aliphatic rings. The highest BCUT2D eigenvalue weighted by Crippen LogP contribution is 2.48. The van der Waals surface area contributed by atoms with Gasteiger partial charge in [-0.3, -0.25) is 4.79 Å². The molecule has 0 spiro atoms. The Balaban J connectivity index is 1.57. The van der Waals surface area contributed by atoms with E-state index in [0.717, 1.165) is 37.9 Å². The second-order valence-corrected chi connectivity index (χ2v) is 6.49. The molecule has 2 unspecified atom stereocenters. The number of carbonyl (C=O) groups excluding carboxylic acids is 1. The molecule has 1 aromatic rings. The fourth-order valence-corrected chi connectivity index (χ4v) is 3.19. The number of hydrogen-bond acceptors (Lipinski definition) is 2. The van der Waals surface area contributed by atoms with Gasteiger partial charge < -0.3 is 10.6 Å². The maximum absolute atomic E-state index is 12.2. The summed E-state index contributed by atoms with van der Waals surface area (Å²) < 4.78 is 0. The first-order valence-electron chi connectivity index (χ1n) is 7.11. The third-order valence-corrected chi connectivity index (χ3v) is 4.88. The van der Waals surface area contributed by atoms with E-state index in [-0.39, 0.29) is 17.9 Å². The number of benzene rings is 1. The Morgan fingerprint density at radius 1 is 1.30 bits per heavy atom. The van der Waals surface area contributed by atoms with E-state index >= 15 is 0 Å². The molecule has 0 radical (unpaired) electrons. The van der Waals surface area contributed by atoms with E-state index in [4.69, 9.17) is 23.2 Å². The number of hydrogen-bond donors (Lipinski definition) is 2. The second-order valence-electron chi connectivity index (χ2n) is 5.67. The average molecular weight is 313 g/mol. The number of rotatable bonds is 3. The van der Waals surface area contributed by atoms with E-state index in [2.05, 4.69) is 10.6 Å². The summed E-state index contributed by atoms with van der Waals surface area (Å²) in [6.07, 6.45) is 3.11. The lowest BCUT2D eigenvalue weighted by molar-refractivity contribution is -0.123. The zero-order valence-corrected chi connectivity index (χ0v) is 12.7. The van der Waals surface area contributed by atoms with E-state index in [1.165, 1.54) is 0 Å². The van der Waals surface area contributed by atoms with Crippen molar-refractivity contribution in [2.75, 3.05) is 13.1 Å². The van der Waals surface area contributed by atoms with Gasteiger partial charge in [-0.2, -0.15) is 0 Å². The van der Waals surface area contributed by atoms with Crippen LogP contribution in [0.4, 0.5) is 0 Å². The quantitative estimate of drug-likeness (QED) is 0.901. The Labute approximate surface area is 129 Å². The monoisotopic (exact) mass is 312 g/mol. The number of nitrogens with one attached hydrogen (secondary N) is 2. The Morgan fingerprint density at radius 2 is 2.15 bits per heavy atom. The highest BCUT2D eigenvalue weighted by atomic mass is 35.5. The van der Waals surface area contributed by atoms with Crippen LogP contribution in [-0.2, 0) is 4.79 Å². The molecule has 1 aliphatic carbocycles. The van der Waals surface area contributed by atoms with E-state index in [1.807, 2.05) is 12.1 Å². The van der Waals surface area contributed by atoms with Crippen LogP contribution in [0.5, 0.6) is 0 Å². The zero-order valence-electron chi connectivity index (χ0n) is 11.2. The summed E-state index contributed by atoms with van der Waals surface area (Å²) in [4.78, 5) is 12.2. The van der Waals surface area contributed by atoms with Crippen LogP contribution in [0.25, 0.3) is 0 Å². The van der Waals surface area contributed by atoms with Crippen molar-refractivity contribution in [2.24, 2.45) is 5.92 Å². The fourth-order valence-electron chi connectivity index (χ4n) is 2.88. The minimum absolute atomic E-state index is 0.0918. The van der Waals surface area contributed by atoms with E-state index in [1.54, 1.807) is 6.07 Å². The van der Waals surface area contributed by atoms with Crippen LogP contribution < -0.4 is 10.6 Å². The Hall–Kier alpha value is -0.770. The molecule has 1 amide bonds. The largest absolute Gasteiger partial charge is 0.352 e. The van der Waals surface area contributed by atoms with Crippen LogP contribution in [0.15, 0.2) is 18.2 Å². The SMILES string of the molecule is O=C(N[C@H]1CCCNC1)C1CC1c1ccc(Cl)c(Cl)c1. The molecule has 3 rings (SSSR count). The topological polar surface area (TPSA) is 41.1 Å². The van der Waals surface area contributed by atoms with Crippen LogP contribution in [0.1, 0.15) is 30.7 Å². The molecule has 1 saturated heterocycles. The van der Waals surface area contributed by atoms with E-state index in [0.29, 0.717) is 16.0 Å². The first-order chi connectivity index (χ1) is 9.65. The van der Waals surface area contributed by atoms with Crippen molar-refractivity contribution in [2.45, 2.75) is 31.2 Å². The van der Waals surface area contributed by atoms with Gasteiger partial charge in [-0.25, -0.2) is 0 Å². The maximum atomic E-state index is 12.2. The van der Waals surface area contributed by atoms with Crippen LogP contribution in [0.3, 0.4) is 0 Å². The molecule has 2 fully saturated rings. The van der Waals surface area contributed by atoms with Crippen molar-refractivity contribution < 1.29 is 4.79 Å². The lowest BCUT2D eigenvalue weighted by Gasteiger charge is -2.23. The number of carbonyl (C=O) groups is 1. The van der Waals surface area contributed by atoms with Crippen LogP contribution in [-0.4, -0.2) is 25.0 Å². The molecule has 108 valence electrons. The minimum Gasteiger partial charge on any atom is -0.352 e. The fraction of sp³-hybridized carbons (Fsp3) is 0.533.